The maximum absolute atomic E-state index is 12.2. The Morgan fingerprint density at radius 2 is 2.11 bits per heavy atom. The Morgan fingerprint density at radius 3 is 2.67 bits per heavy atom. The number of carbonyl (C=O) groups is 1. The second kappa shape index (κ2) is 5.66. The lowest BCUT2D eigenvalue weighted by atomic mass is 9.97. The van der Waals surface area contributed by atoms with E-state index in [0.717, 1.165) is 10.9 Å². The molecule has 0 radical (unpaired) electrons. The molecule has 4 heteroatoms. The molecule has 1 amide bonds. The molecule has 3 atom stereocenters. The zero-order valence-corrected chi connectivity index (χ0v) is 13.1. The van der Waals surface area contributed by atoms with Gasteiger partial charge in [0.1, 0.15) is 0 Å². The molecule has 1 saturated carbocycles. The van der Waals surface area contributed by atoms with Crippen LogP contribution in [0.5, 0.6) is 0 Å². The number of thiol groups is 1. The van der Waals surface area contributed by atoms with Crippen LogP contribution in [-0.4, -0.2) is 11.9 Å². The normalized spacial score (nSPS) is 27.2. The molecule has 1 aromatic carbocycles. The Balaban J connectivity index is 2.08. The molecule has 98 valence electrons. The van der Waals surface area contributed by atoms with Gasteiger partial charge >= 0.3 is 0 Å². The monoisotopic (exact) mass is 327 g/mol. The largest absolute Gasteiger partial charge is 0.349 e. The summed E-state index contributed by atoms with van der Waals surface area (Å²) in [5.41, 5.74) is 0.647. The fourth-order valence-corrected chi connectivity index (χ4v) is 3.36. The number of halogens is 1. The lowest BCUT2D eigenvalue weighted by Crippen LogP contribution is -2.37. The molecule has 0 heterocycles. The molecule has 0 aliphatic heterocycles. The molecule has 0 spiro atoms. The summed E-state index contributed by atoms with van der Waals surface area (Å²) in [6, 6.07) is 5.82. The Bertz CT molecular complexity index is 463. The number of hydrogen-bond acceptors (Lipinski definition) is 2. The molecule has 3 unspecified atom stereocenters. The van der Waals surface area contributed by atoms with Crippen molar-refractivity contribution in [3.05, 3.63) is 28.2 Å². The first-order chi connectivity index (χ1) is 8.49. The summed E-state index contributed by atoms with van der Waals surface area (Å²) < 4.78 is 0.937. The molecular formula is C14H18BrNOS. The highest BCUT2D eigenvalue weighted by Crippen LogP contribution is 2.31. The molecule has 1 aromatic rings. The summed E-state index contributed by atoms with van der Waals surface area (Å²) in [5, 5.41) is 3.13. The first kappa shape index (κ1) is 13.9. The van der Waals surface area contributed by atoms with Gasteiger partial charge in [0.2, 0.25) is 0 Å². The summed E-state index contributed by atoms with van der Waals surface area (Å²) >= 11 is 7.72. The van der Waals surface area contributed by atoms with E-state index in [1.165, 1.54) is 6.42 Å². The van der Waals surface area contributed by atoms with Gasteiger partial charge in [-0.25, -0.2) is 0 Å². The minimum absolute atomic E-state index is 0.0153. The number of benzene rings is 1. The van der Waals surface area contributed by atoms with Crippen LogP contribution in [0.15, 0.2) is 27.6 Å². The number of hydrogen-bond donors (Lipinski definition) is 2. The average Bonchev–Trinajstić information content (AvgIpc) is 2.61. The molecule has 0 saturated heterocycles. The standard InChI is InChI=1S/C14H18BrNOS/c1-8-3-6-12(9(8)2)16-14(17)11-5-4-10(15)7-13(11)18/h4-5,7-9,12,18H,3,6H2,1-2H3,(H,16,17). The van der Waals surface area contributed by atoms with Gasteiger partial charge in [0.05, 0.1) is 5.56 Å². The van der Waals surface area contributed by atoms with E-state index in [4.69, 9.17) is 0 Å². The summed E-state index contributed by atoms with van der Waals surface area (Å²) in [4.78, 5) is 12.9. The number of rotatable bonds is 2. The predicted octanol–water partition coefficient (Wildman–Crippen LogP) is 3.90. The van der Waals surface area contributed by atoms with Crippen molar-refractivity contribution in [3.8, 4) is 0 Å². The van der Waals surface area contributed by atoms with Gasteiger partial charge in [-0.3, -0.25) is 4.79 Å². The molecule has 2 nitrogen and oxygen atoms in total. The van der Waals surface area contributed by atoms with E-state index < -0.39 is 0 Å². The summed E-state index contributed by atoms with van der Waals surface area (Å²) in [6.45, 7) is 4.46. The molecule has 2 rings (SSSR count). The van der Waals surface area contributed by atoms with Gasteiger partial charge in [-0.2, -0.15) is 0 Å². The van der Waals surface area contributed by atoms with Crippen LogP contribution in [-0.2, 0) is 0 Å². The van der Waals surface area contributed by atoms with Crippen molar-refractivity contribution in [3.63, 3.8) is 0 Å². The quantitative estimate of drug-likeness (QED) is 0.792. The third-order valence-electron chi connectivity index (χ3n) is 3.99. The van der Waals surface area contributed by atoms with E-state index in [0.29, 0.717) is 28.3 Å². The number of carbonyl (C=O) groups excluding carboxylic acids is 1. The van der Waals surface area contributed by atoms with Crippen LogP contribution in [0, 0.1) is 11.8 Å². The van der Waals surface area contributed by atoms with Crippen molar-refractivity contribution >= 4 is 34.5 Å². The van der Waals surface area contributed by atoms with Crippen LogP contribution in [0.25, 0.3) is 0 Å². The van der Waals surface area contributed by atoms with Gasteiger partial charge in [-0.1, -0.05) is 29.8 Å². The molecule has 1 aliphatic rings. The molecule has 1 aliphatic carbocycles. The van der Waals surface area contributed by atoms with Crippen molar-refractivity contribution in [1.82, 2.24) is 5.32 Å². The van der Waals surface area contributed by atoms with Crippen molar-refractivity contribution in [2.45, 2.75) is 37.6 Å². The molecule has 0 bridgehead atoms. The fourth-order valence-electron chi connectivity index (χ4n) is 2.51. The summed E-state index contributed by atoms with van der Waals surface area (Å²) in [5.74, 6) is 1.22. The van der Waals surface area contributed by atoms with Crippen LogP contribution in [0.1, 0.15) is 37.0 Å². The third kappa shape index (κ3) is 2.91. The van der Waals surface area contributed by atoms with Crippen molar-refractivity contribution in [2.24, 2.45) is 11.8 Å². The van der Waals surface area contributed by atoms with Crippen LogP contribution in [0.2, 0.25) is 0 Å². The van der Waals surface area contributed by atoms with Crippen LogP contribution in [0.3, 0.4) is 0 Å². The van der Waals surface area contributed by atoms with E-state index in [9.17, 15) is 4.79 Å². The molecular weight excluding hydrogens is 310 g/mol. The summed E-state index contributed by atoms with van der Waals surface area (Å²) in [6.07, 6.45) is 2.27. The lowest BCUT2D eigenvalue weighted by molar-refractivity contribution is 0.0924. The third-order valence-corrected chi connectivity index (χ3v) is 4.85. The zero-order valence-electron chi connectivity index (χ0n) is 10.6. The predicted molar refractivity (Wildman–Crippen MR) is 80.2 cm³/mol. The van der Waals surface area contributed by atoms with Gasteiger partial charge in [-0.05, 0) is 42.9 Å². The van der Waals surface area contributed by atoms with E-state index >= 15 is 0 Å². The number of amides is 1. The van der Waals surface area contributed by atoms with E-state index in [1.54, 1.807) is 0 Å². The molecule has 1 fully saturated rings. The van der Waals surface area contributed by atoms with Crippen LogP contribution in [0.4, 0.5) is 0 Å². The van der Waals surface area contributed by atoms with Gasteiger partial charge in [0.15, 0.2) is 0 Å². The molecule has 18 heavy (non-hydrogen) atoms. The second-order valence-electron chi connectivity index (χ2n) is 5.16. The highest BCUT2D eigenvalue weighted by Gasteiger charge is 2.31. The second-order valence-corrected chi connectivity index (χ2v) is 6.55. The maximum atomic E-state index is 12.2. The van der Waals surface area contributed by atoms with E-state index in [-0.39, 0.29) is 5.91 Å². The topological polar surface area (TPSA) is 29.1 Å². The first-order valence-electron chi connectivity index (χ1n) is 6.28. The van der Waals surface area contributed by atoms with Gasteiger partial charge in [-0.15, -0.1) is 12.6 Å². The lowest BCUT2D eigenvalue weighted by Gasteiger charge is -2.20. The van der Waals surface area contributed by atoms with E-state index in [2.05, 4.69) is 47.7 Å². The van der Waals surface area contributed by atoms with Crippen molar-refractivity contribution in [1.29, 1.82) is 0 Å². The van der Waals surface area contributed by atoms with Crippen LogP contribution >= 0.6 is 28.6 Å². The van der Waals surface area contributed by atoms with Crippen LogP contribution < -0.4 is 5.32 Å². The van der Waals surface area contributed by atoms with Gasteiger partial charge < -0.3 is 5.32 Å². The molecule has 0 aromatic heterocycles. The zero-order chi connectivity index (χ0) is 13.3. The van der Waals surface area contributed by atoms with E-state index in [1.807, 2.05) is 18.2 Å². The van der Waals surface area contributed by atoms with Crippen molar-refractivity contribution < 1.29 is 4.79 Å². The maximum Gasteiger partial charge on any atom is 0.252 e. The van der Waals surface area contributed by atoms with Crippen molar-refractivity contribution in [2.75, 3.05) is 0 Å². The Labute approximate surface area is 122 Å². The smallest absolute Gasteiger partial charge is 0.252 e. The average molecular weight is 328 g/mol. The molecule has 1 N–H and O–H groups in total. The fraction of sp³-hybridized carbons (Fsp3) is 0.500. The number of nitrogens with one attached hydrogen (secondary N) is 1. The van der Waals surface area contributed by atoms with Gasteiger partial charge in [0, 0.05) is 15.4 Å². The summed E-state index contributed by atoms with van der Waals surface area (Å²) in [7, 11) is 0. The highest BCUT2D eigenvalue weighted by atomic mass is 79.9. The van der Waals surface area contributed by atoms with Gasteiger partial charge in [0.25, 0.3) is 5.91 Å². The Kier molecular flexibility index (Phi) is 4.38. The Morgan fingerprint density at radius 1 is 1.39 bits per heavy atom. The highest BCUT2D eigenvalue weighted by molar-refractivity contribution is 9.10. The first-order valence-corrected chi connectivity index (χ1v) is 7.52. The minimum atomic E-state index is -0.0153. The minimum Gasteiger partial charge on any atom is -0.349 e. The SMILES string of the molecule is CC1CCC(NC(=O)c2ccc(Br)cc2S)C1C. The Hall–Kier alpha value is -0.480.